The van der Waals surface area contributed by atoms with Crippen molar-refractivity contribution in [3.05, 3.63) is 28.2 Å². The summed E-state index contributed by atoms with van der Waals surface area (Å²) in [5.74, 6) is 2.10. The Bertz CT molecular complexity index is 692. The summed E-state index contributed by atoms with van der Waals surface area (Å²) >= 11 is 9.67. The van der Waals surface area contributed by atoms with E-state index in [2.05, 4.69) is 25.5 Å². The summed E-state index contributed by atoms with van der Waals surface area (Å²) in [6.07, 6.45) is 5.16. The van der Waals surface area contributed by atoms with E-state index in [1.807, 2.05) is 13.0 Å². The molecule has 2 nitrogen and oxygen atoms in total. The lowest BCUT2D eigenvalue weighted by Crippen LogP contribution is -2.16. The first-order chi connectivity index (χ1) is 10.1. The molecule has 21 heavy (non-hydrogen) atoms. The van der Waals surface area contributed by atoms with Gasteiger partial charge in [0.2, 0.25) is 0 Å². The third kappa shape index (κ3) is 2.40. The van der Waals surface area contributed by atoms with Gasteiger partial charge in [0.05, 0.1) is 20.9 Å². The Morgan fingerprint density at radius 3 is 2.43 bits per heavy atom. The summed E-state index contributed by atoms with van der Waals surface area (Å²) in [7, 11) is 0. The number of aromatic nitrogens is 2. The lowest BCUT2D eigenvalue weighted by molar-refractivity contribution is 0.392. The monoisotopic (exact) mass is 370 g/mol. The maximum absolute atomic E-state index is 13.8. The van der Waals surface area contributed by atoms with Crippen molar-refractivity contribution in [3.63, 3.8) is 0 Å². The van der Waals surface area contributed by atoms with Gasteiger partial charge in [-0.2, -0.15) is 0 Å². The fraction of sp³-hybridized carbons (Fsp3) is 0.562. The Morgan fingerprint density at radius 2 is 1.90 bits per heavy atom. The van der Waals surface area contributed by atoms with Crippen LogP contribution in [0.4, 0.5) is 4.39 Å². The predicted octanol–water partition coefficient (Wildman–Crippen LogP) is 5.60. The molecule has 0 amide bonds. The molecule has 2 aliphatic rings. The molecule has 1 atom stereocenters. The fourth-order valence-corrected chi connectivity index (χ4v) is 3.87. The summed E-state index contributed by atoms with van der Waals surface area (Å²) in [4.78, 5) is 4.63. The van der Waals surface area contributed by atoms with Crippen LogP contribution in [-0.4, -0.2) is 9.55 Å². The minimum absolute atomic E-state index is 0.167. The molecule has 112 valence electrons. The van der Waals surface area contributed by atoms with Crippen LogP contribution in [0.25, 0.3) is 11.0 Å². The minimum Gasteiger partial charge on any atom is -0.323 e. The van der Waals surface area contributed by atoms with Gasteiger partial charge in [0.25, 0.3) is 0 Å². The number of benzene rings is 1. The zero-order valence-electron chi connectivity index (χ0n) is 11.8. The largest absolute Gasteiger partial charge is 0.323 e. The standard InChI is InChI=1S/C16H17BrClFN2/c1-8(18)16-20-13-7-12(19)11(17)6-14(13)21(16)15(9-2-3-9)10-4-5-10/h6-10,15H,2-5H2,1H3. The third-order valence-corrected chi connectivity index (χ3v) is 5.43. The molecule has 4 rings (SSSR count). The summed E-state index contributed by atoms with van der Waals surface area (Å²) in [6, 6.07) is 3.86. The smallest absolute Gasteiger partial charge is 0.139 e. The van der Waals surface area contributed by atoms with Gasteiger partial charge in [-0.15, -0.1) is 11.6 Å². The van der Waals surface area contributed by atoms with Gasteiger partial charge in [0, 0.05) is 12.1 Å². The molecule has 0 aliphatic heterocycles. The number of rotatable bonds is 4. The topological polar surface area (TPSA) is 17.8 Å². The summed E-state index contributed by atoms with van der Waals surface area (Å²) in [5.41, 5.74) is 1.72. The summed E-state index contributed by atoms with van der Waals surface area (Å²) in [5, 5.41) is -0.167. The van der Waals surface area contributed by atoms with Crippen molar-refractivity contribution in [2.24, 2.45) is 11.8 Å². The van der Waals surface area contributed by atoms with Crippen LogP contribution in [0.15, 0.2) is 16.6 Å². The Labute approximate surface area is 136 Å². The van der Waals surface area contributed by atoms with Crippen molar-refractivity contribution in [2.45, 2.75) is 44.0 Å². The van der Waals surface area contributed by atoms with E-state index in [-0.39, 0.29) is 11.2 Å². The van der Waals surface area contributed by atoms with Gasteiger partial charge >= 0.3 is 0 Å². The Hall–Kier alpha value is -0.610. The van der Waals surface area contributed by atoms with E-state index < -0.39 is 0 Å². The lowest BCUT2D eigenvalue weighted by Gasteiger charge is -2.22. The zero-order valence-corrected chi connectivity index (χ0v) is 14.2. The Kier molecular flexibility index (Phi) is 3.30. The number of alkyl halides is 1. The van der Waals surface area contributed by atoms with Crippen LogP contribution in [0.2, 0.25) is 0 Å². The Morgan fingerprint density at radius 1 is 1.29 bits per heavy atom. The third-order valence-electron chi connectivity index (χ3n) is 4.62. The number of halogens is 3. The van der Waals surface area contributed by atoms with E-state index in [1.54, 1.807) is 0 Å². The van der Waals surface area contributed by atoms with Crippen molar-refractivity contribution in [2.75, 3.05) is 0 Å². The van der Waals surface area contributed by atoms with Crippen molar-refractivity contribution >= 4 is 38.6 Å². The second-order valence-corrected chi connectivity index (χ2v) is 7.89. The average molecular weight is 372 g/mol. The first kappa shape index (κ1) is 14.0. The quantitative estimate of drug-likeness (QED) is 0.640. The van der Waals surface area contributed by atoms with E-state index in [4.69, 9.17) is 11.6 Å². The van der Waals surface area contributed by atoms with Crippen LogP contribution in [0.5, 0.6) is 0 Å². The van der Waals surface area contributed by atoms with Crippen LogP contribution in [0.3, 0.4) is 0 Å². The molecule has 0 saturated heterocycles. The van der Waals surface area contributed by atoms with Gasteiger partial charge in [-0.25, -0.2) is 9.37 Å². The molecule has 1 heterocycles. The highest BCUT2D eigenvalue weighted by Crippen LogP contribution is 2.53. The van der Waals surface area contributed by atoms with Gasteiger partial charge in [-0.05, 0) is 66.4 Å². The van der Waals surface area contributed by atoms with E-state index in [0.29, 0.717) is 16.0 Å². The van der Waals surface area contributed by atoms with Crippen molar-refractivity contribution < 1.29 is 4.39 Å². The van der Waals surface area contributed by atoms with Crippen LogP contribution >= 0.6 is 27.5 Å². The minimum atomic E-state index is -0.268. The van der Waals surface area contributed by atoms with Gasteiger partial charge in [0.1, 0.15) is 11.6 Å². The molecule has 0 N–H and O–H groups in total. The zero-order chi connectivity index (χ0) is 14.7. The van der Waals surface area contributed by atoms with Crippen molar-refractivity contribution in [1.29, 1.82) is 0 Å². The van der Waals surface area contributed by atoms with E-state index in [1.165, 1.54) is 31.7 Å². The van der Waals surface area contributed by atoms with Crippen LogP contribution in [-0.2, 0) is 0 Å². The van der Waals surface area contributed by atoms with E-state index in [9.17, 15) is 4.39 Å². The fourth-order valence-electron chi connectivity index (χ4n) is 3.38. The molecule has 2 fully saturated rings. The van der Waals surface area contributed by atoms with E-state index in [0.717, 1.165) is 23.2 Å². The van der Waals surface area contributed by atoms with E-state index >= 15 is 0 Å². The van der Waals surface area contributed by atoms with Gasteiger partial charge in [0.15, 0.2) is 0 Å². The van der Waals surface area contributed by atoms with Crippen LogP contribution in [0.1, 0.15) is 49.9 Å². The molecule has 0 radical (unpaired) electrons. The highest BCUT2D eigenvalue weighted by atomic mass is 79.9. The maximum Gasteiger partial charge on any atom is 0.139 e. The number of hydrogen-bond donors (Lipinski definition) is 0. The second-order valence-electron chi connectivity index (χ2n) is 6.38. The predicted molar refractivity (Wildman–Crippen MR) is 86.1 cm³/mol. The molecule has 0 bridgehead atoms. The molecule has 5 heteroatoms. The second kappa shape index (κ2) is 4.95. The van der Waals surface area contributed by atoms with Gasteiger partial charge in [-0.1, -0.05) is 0 Å². The van der Waals surface area contributed by atoms with Crippen LogP contribution < -0.4 is 0 Å². The SMILES string of the molecule is CC(Cl)c1nc2cc(F)c(Br)cc2n1C(C1CC1)C1CC1. The van der Waals surface area contributed by atoms with Gasteiger partial charge < -0.3 is 4.57 Å². The average Bonchev–Trinajstić information content (AvgIpc) is 3.31. The maximum atomic E-state index is 13.8. The first-order valence-corrected chi connectivity index (χ1v) is 8.80. The molecule has 2 aromatic rings. The number of hydrogen-bond acceptors (Lipinski definition) is 1. The molecule has 2 aliphatic carbocycles. The Balaban J connectivity index is 1.95. The molecular formula is C16H17BrClFN2. The van der Waals surface area contributed by atoms with Crippen LogP contribution in [0, 0.1) is 17.7 Å². The molecule has 1 aromatic carbocycles. The molecule has 1 unspecified atom stereocenters. The summed E-state index contributed by atoms with van der Waals surface area (Å²) in [6.45, 7) is 1.95. The molecular weight excluding hydrogens is 355 g/mol. The number of imidazole rings is 1. The molecule has 1 aromatic heterocycles. The summed E-state index contributed by atoms with van der Waals surface area (Å²) < 4.78 is 16.6. The lowest BCUT2D eigenvalue weighted by atomic mass is 10.1. The highest BCUT2D eigenvalue weighted by Gasteiger charge is 2.44. The van der Waals surface area contributed by atoms with Gasteiger partial charge in [-0.3, -0.25) is 0 Å². The molecule has 2 saturated carbocycles. The number of fused-ring (bicyclic) bond motifs is 1. The normalized spacial score (nSPS) is 20.4. The highest BCUT2D eigenvalue weighted by molar-refractivity contribution is 9.10. The molecule has 0 spiro atoms. The first-order valence-electron chi connectivity index (χ1n) is 7.57. The van der Waals surface area contributed by atoms with Crippen molar-refractivity contribution in [3.8, 4) is 0 Å². The van der Waals surface area contributed by atoms with Crippen molar-refractivity contribution in [1.82, 2.24) is 9.55 Å². The number of nitrogens with zero attached hydrogens (tertiary/aromatic N) is 2.